The third-order valence-electron chi connectivity index (χ3n) is 0.739. The van der Waals surface area contributed by atoms with Gasteiger partial charge in [0.25, 0.3) is 5.97 Å². The van der Waals surface area contributed by atoms with Crippen LogP contribution in [0.15, 0.2) is 0 Å². The van der Waals surface area contributed by atoms with Gasteiger partial charge in [0.05, 0.1) is 0 Å². The summed E-state index contributed by atoms with van der Waals surface area (Å²) in [4.78, 5) is 18.8. The van der Waals surface area contributed by atoms with Crippen molar-refractivity contribution < 1.29 is 24.5 Å². The molecular weight excluding hydrogens is 164 g/mol. The van der Waals surface area contributed by atoms with Crippen LogP contribution in [0.25, 0.3) is 0 Å². The molecule has 0 spiro atoms. The molecule has 0 aliphatic heterocycles. The Hall–Kier alpha value is -1.10. The van der Waals surface area contributed by atoms with E-state index in [0.717, 1.165) is 6.92 Å². The fraction of sp³-hybridized carbons (Fsp3) is 0.714. The summed E-state index contributed by atoms with van der Waals surface area (Å²) in [5.74, 6) is -1.60. The van der Waals surface area contributed by atoms with Gasteiger partial charge in [-0.25, -0.2) is 0 Å². The van der Waals surface area contributed by atoms with Gasteiger partial charge in [0, 0.05) is 27.1 Å². The highest BCUT2D eigenvalue weighted by atomic mass is 16.5. The molecule has 0 radical (unpaired) electrons. The smallest absolute Gasteiger partial charge is 0.303 e. The van der Waals surface area contributed by atoms with Crippen molar-refractivity contribution in [1.82, 2.24) is 0 Å². The van der Waals surface area contributed by atoms with Gasteiger partial charge in [0.15, 0.2) is 0 Å². The van der Waals surface area contributed by atoms with E-state index in [4.69, 9.17) is 15.0 Å². The summed E-state index contributed by atoms with van der Waals surface area (Å²) in [5.41, 5.74) is 0. The summed E-state index contributed by atoms with van der Waals surface area (Å²) in [5, 5.41) is 15.5. The summed E-state index contributed by atoms with van der Waals surface area (Å²) in [6.45, 7) is 1.62. The first-order chi connectivity index (χ1) is 5.50. The van der Waals surface area contributed by atoms with Crippen LogP contribution in [0.4, 0.5) is 0 Å². The van der Waals surface area contributed by atoms with E-state index >= 15 is 0 Å². The van der Waals surface area contributed by atoms with Gasteiger partial charge in [-0.2, -0.15) is 0 Å². The zero-order chi connectivity index (χ0) is 9.98. The van der Waals surface area contributed by atoms with E-state index in [9.17, 15) is 4.79 Å². The Morgan fingerprint density at radius 1 is 1.33 bits per heavy atom. The van der Waals surface area contributed by atoms with Crippen LogP contribution in [0.2, 0.25) is 0 Å². The predicted octanol–water partition coefficient (Wildman–Crippen LogP) is 0.588. The second kappa shape index (κ2) is 9.90. The predicted molar refractivity (Wildman–Crippen MR) is 42.1 cm³/mol. The van der Waals surface area contributed by atoms with Crippen molar-refractivity contribution in [3.05, 3.63) is 0 Å². The molecule has 0 saturated heterocycles. The van der Waals surface area contributed by atoms with Crippen molar-refractivity contribution in [3.8, 4) is 0 Å². The minimum atomic E-state index is -0.833. The van der Waals surface area contributed by atoms with Crippen LogP contribution < -0.4 is 0 Å². The van der Waals surface area contributed by atoms with Gasteiger partial charge in [0.1, 0.15) is 0 Å². The Labute approximate surface area is 71.0 Å². The van der Waals surface area contributed by atoms with Gasteiger partial charge in [0.2, 0.25) is 0 Å². The highest BCUT2D eigenvalue weighted by Gasteiger charge is 1.93. The second-order valence-electron chi connectivity index (χ2n) is 2.01. The summed E-state index contributed by atoms with van der Waals surface area (Å²) < 4.78 is 4.63. The number of carbonyl (C=O) groups is 2. The van der Waals surface area contributed by atoms with Crippen LogP contribution in [0.5, 0.6) is 0 Å². The molecule has 0 bridgehead atoms. The standard InChI is InChI=1S/C5H10O3.C2H4O2/c1-8-4-2-3-5(6)7;1-2(3)4/h2-4H2,1H3,(H,6,7);1H3,(H,3,4). The highest BCUT2D eigenvalue weighted by Crippen LogP contribution is 1.86. The van der Waals surface area contributed by atoms with E-state index in [2.05, 4.69) is 4.74 Å². The molecule has 0 saturated carbocycles. The van der Waals surface area contributed by atoms with Crippen LogP contribution in [0, 0.1) is 0 Å². The maximum Gasteiger partial charge on any atom is 0.303 e. The maximum absolute atomic E-state index is 9.82. The van der Waals surface area contributed by atoms with Gasteiger partial charge < -0.3 is 14.9 Å². The third kappa shape index (κ3) is 36.5. The van der Waals surface area contributed by atoms with Crippen molar-refractivity contribution in [2.75, 3.05) is 13.7 Å². The molecule has 0 amide bonds. The van der Waals surface area contributed by atoms with Gasteiger partial charge in [-0.1, -0.05) is 0 Å². The average Bonchev–Trinajstić information content (AvgIpc) is 1.86. The van der Waals surface area contributed by atoms with E-state index in [1.54, 1.807) is 7.11 Å². The monoisotopic (exact) mass is 178 g/mol. The summed E-state index contributed by atoms with van der Waals surface area (Å²) in [6.07, 6.45) is 0.805. The van der Waals surface area contributed by atoms with E-state index < -0.39 is 11.9 Å². The Morgan fingerprint density at radius 3 is 2.00 bits per heavy atom. The second-order valence-corrected chi connectivity index (χ2v) is 2.01. The molecule has 0 atom stereocenters. The maximum atomic E-state index is 9.82. The molecule has 0 heterocycles. The topological polar surface area (TPSA) is 83.8 Å². The van der Waals surface area contributed by atoms with Gasteiger partial charge in [-0.3, -0.25) is 9.59 Å². The molecule has 2 N–H and O–H groups in total. The highest BCUT2D eigenvalue weighted by molar-refractivity contribution is 5.66. The van der Waals surface area contributed by atoms with Gasteiger partial charge in [-0.05, 0) is 6.42 Å². The number of aliphatic carboxylic acids is 2. The number of rotatable bonds is 4. The molecule has 0 aromatic heterocycles. The third-order valence-corrected chi connectivity index (χ3v) is 0.739. The molecule has 0 rings (SSSR count). The van der Waals surface area contributed by atoms with Gasteiger partial charge >= 0.3 is 5.97 Å². The molecule has 0 unspecified atom stereocenters. The van der Waals surface area contributed by atoms with Gasteiger partial charge in [-0.15, -0.1) is 0 Å². The summed E-state index contributed by atoms with van der Waals surface area (Å²) in [6, 6.07) is 0. The van der Waals surface area contributed by atoms with E-state index in [0.29, 0.717) is 13.0 Å². The lowest BCUT2D eigenvalue weighted by Crippen LogP contribution is -1.97. The minimum Gasteiger partial charge on any atom is -0.481 e. The van der Waals surface area contributed by atoms with Crippen LogP contribution in [-0.2, 0) is 14.3 Å². The Balaban J connectivity index is 0. The SMILES string of the molecule is CC(=O)O.COCCCC(=O)O. The van der Waals surface area contributed by atoms with Crippen LogP contribution in [0.3, 0.4) is 0 Å². The normalized spacial score (nSPS) is 8.17. The van der Waals surface area contributed by atoms with Crippen molar-refractivity contribution in [3.63, 3.8) is 0 Å². The molecule has 0 aliphatic rings. The van der Waals surface area contributed by atoms with Crippen LogP contribution in [-0.4, -0.2) is 35.9 Å². The molecule has 5 heteroatoms. The van der Waals surface area contributed by atoms with Crippen LogP contribution in [0.1, 0.15) is 19.8 Å². The summed E-state index contributed by atoms with van der Waals surface area (Å²) in [7, 11) is 1.56. The lowest BCUT2D eigenvalue weighted by Gasteiger charge is -1.91. The number of hydrogen-bond donors (Lipinski definition) is 2. The molecule has 0 aromatic carbocycles. The molecule has 72 valence electrons. The number of carboxylic acids is 2. The first-order valence-electron chi connectivity index (χ1n) is 3.41. The zero-order valence-corrected chi connectivity index (χ0v) is 7.24. The number of carboxylic acid groups (broad SMARTS) is 2. The largest absolute Gasteiger partial charge is 0.481 e. The molecule has 5 nitrogen and oxygen atoms in total. The lowest BCUT2D eigenvalue weighted by atomic mass is 10.3. The Kier molecular flexibility index (Phi) is 11.1. The molecule has 0 fully saturated rings. The first-order valence-corrected chi connectivity index (χ1v) is 3.41. The first kappa shape index (κ1) is 13.5. The molecule has 0 aliphatic carbocycles. The quantitative estimate of drug-likeness (QED) is 0.615. The number of hydrogen-bond acceptors (Lipinski definition) is 3. The Morgan fingerprint density at radius 2 is 1.75 bits per heavy atom. The molecule has 12 heavy (non-hydrogen) atoms. The Bertz CT molecular complexity index is 128. The van der Waals surface area contributed by atoms with E-state index in [-0.39, 0.29) is 6.42 Å². The van der Waals surface area contributed by atoms with Crippen molar-refractivity contribution in [2.24, 2.45) is 0 Å². The fourth-order valence-corrected chi connectivity index (χ4v) is 0.368. The average molecular weight is 178 g/mol. The number of ether oxygens (including phenoxy) is 1. The molecular formula is C7H14O5. The van der Waals surface area contributed by atoms with Crippen molar-refractivity contribution in [2.45, 2.75) is 19.8 Å². The van der Waals surface area contributed by atoms with Crippen LogP contribution >= 0.6 is 0 Å². The van der Waals surface area contributed by atoms with E-state index in [1.807, 2.05) is 0 Å². The molecule has 0 aromatic rings. The number of methoxy groups -OCH3 is 1. The van der Waals surface area contributed by atoms with Crippen molar-refractivity contribution in [1.29, 1.82) is 0 Å². The summed E-state index contributed by atoms with van der Waals surface area (Å²) >= 11 is 0. The minimum absolute atomic E-state index is 0.202. The van der Waals surface area contributed by atoms with Crippen molar-refractivity contribution >= 4 is 11.9 Å². The fourth-order valence-electron chi connectivity index (χ4n) is 0.368. The van der Waals surface area contributed by atoms with E-state index in [1.165, 1.54) is 0 Å². The zero-order valence-electron chi connectivity index (χ0n) is 7.24. The lowest BCUT2D eigenvalue weighted by molar-refractivity contribution is -0.137.